The predicted octanol–water partition coefficient (Wildman–Crippen LogP) is 1.08. The molecule has 4 N–H and O–H groups in total. The number of methoxy groups -OCH3 is 1. The minimum absolute atomic E-state index is 0.0301. The number of nitrogens with zero attached hydrogens (tertiary/aromatic N) is 1. The van der Waals surface area contributed by atoms with E-state index in [1.54, 1.807) is 7.11 Å². The van der Waals surface area contributed by atoms with Crippen molar-refractivity contribution in [1.29, 1.82) is 0 Å². The second-order valence-corrected chi connectivity index (χ2v) is 5.39. The van der Waals surface area contributed by atoms with Crippen molar-refractivity contribution in [1.82, 2.24) is 5.32 Å². The summed E-state index contributed by atoms with van der Waals surface area (Å²) in [6, 6.07) is 0. The largest absolute Gasteiger partial charge is 0.409 e. The maximum absolute atomic E-state index is 12.2. The lowest BCUT2D eigenvalue weighted by molar-refractivity contribution is -0.133. The van der Waals surface area contributed by atoms with Gasteiger partial charge in [-0.1, -0.05) is 12.1 Å². The van der Waals surface area contributed by atoms with Gasteiger partial charge in [-0.25, -0.2) is 0 Å². The summed E-state index contributed by atoms with van der Waals surface area (Å²) in [6.45, 7) is 3.43. The monoisotopic (exact) mass is 271 g/mol. The molecule has 0 atom stereocenters. The number of unbranched alkanes of at least 4 members (excludes halogenated alkanes) is 2. The van der Waals surface area contributed by atoms with Crippen LogP contribution in [0, 0.1) is 11.3 Å². The van der Waals surface area contributed by atoms with E-state index >= 15 is 0 Å². The molecule has 1 rings (SSSR count). The molecule has 0 aromatic rings. The molecule has 0 aromatic heterocycles. The van der Waals surface area contributed by atoms with Crippen molar-refractivity contribution in [3.8, 4) is 0 Å². The van der Waals surface area contributed by atoms with E-state index in [0.29, 0.717) is 25.3 Å². The number of carbonyl (C=O) groups is 1. The van der Waals surface area contributed by atoms with Gasteiger partial charge >= 0.3 is 0 Å². The topological polar surface area (TPSA) is 96.9 Å². The fourth-order valence-electron chi connectivity index (χ4n) is 2.66. The molecule has 0 spiro atoms. The van der Waals surface area contributed by atoms with Crippen LogP contribution in [0.3, 0.4) is 0 Å². The average molecular weight is 271 g/mol. The van der Waals surface area contributed by atoms with Crippen LogP contribution >= 0.6 is 0 Å². The predicted molar refractivity (Wildman–Crippen MR) is 73.0 cm³/mol. The first-order chi connectivity index (χ1) is 9.06. The standard InChI is InChI=1S/C13H25N3O3/c1-10-8-13(9-10,11(14)16-18)12(17)15-6-4-3-5-7-19-2/h10,18H,3-9H2,1-2H3,(H2,14,16)(H,15,17). The van der Waals surface area contributed by atoms with Gasteiger partial charge in [0.1, 0.15) is 5.41 Å². The zero-order valence-electron chi connectivity index (χ0n) is 11.8. The fourth-order valence-corrected chi connectivity index (χ4v) is 2.66. The van der Waals surface area contributed by atoms with Crippen LogP contribution in [0.2, 0.25) is 0 Å². The van der Waals surface area contributed by atoms with E-state index in [0.717, 1.165) is 25.9 Å². The minimum Gasteiger partial charge on any atom is -0.409 e. The zero-order chi connectivity index (χ0) is 14.3. The molecule has 0 radical (unpaired) electrons. The SMILES string of the molecule is COCCCCCNC(=O)C1(C(N)=NO)CC(C)C1. The zero-order valence-corrected chi connectivity index (χ0v) is 11.8. The third-order valence-electron chi connectivity index (χ3n) is 3.74. The normalized spacial score (nSPS) is 26.8. The maximum Gasteiger partial charge on any atom is 0.233 e. The van der Waals surface area contributed by atoms with Crippen LogP contribution in [0.5, 0.6) is 0 Å². The van der Waals surface area contributed by atoms with Gasteiger partial charge in [0.2, 0.25) is 5.91 Å². The van der Waals surface area contributed by atoms with E-state index in [1.165, 1.54) is 0 Å². The number of rotatable bonds is 8. The molecule has 0 aliphatic heterocycles. The second-order valence-electron chi connectivity index (χ2n) is 5.39. The summed E-state index contributed by atoms with van der Waals surface area (Å²) in [5, 5.41) is 14.7. The molecule has 110 valence electrons. The number of amidine groups is 1. The summed E-state index contributed by atoms with van der Waals surface area (Å²) >= 11 is 0. The van der Waals surface area contributed by atoms with Crippen LogP contribution in [0.25, 0.3) is 0 Å². The smallest absolute Gasteiger partial charge is 0.233 e. The molecular formula is C13H25N3O3. The summed E-state index contributed by atoms with van der Waals surface area (Å²) in [7, 11) is 1.68. The van der Waals surface area contributed by atoms with Gasteiger partial charge in [0.25, 0.3) is 0 Å². The van der Waals surface area contributed by atoms with Crippen molar-refractivity contribution in [2.45, 2.75) is 39.0 Å². The van der Waals surface area contributed by atoms with Gasteiger partial charge in [-0.05, 0) is 38.0 Å². The number of hydrogen-bond donors (Lipinski definition) is 3. The number of amides is 1. The van der Waals surface area contributed by atoms with Gasteiger partial charge in [0.05, 0.1) is 0 Å². The Bertz CT molecular complexity index is 325. The Morgan fingerprint density at radius 2 is 2.16 bits per heavy atom. The molecule has 0 saturated heterocycles. The first kappa shape index (κ1) is 15.8. The molecule has 1 saturated carbocycles. The van der Waals surface area contributed by atoms with E-state index < -0.39 is 5.41 Å². The first-order valence-corrected chi connectivity index (χ1v) is 6.82. The summed E-state index contributed by atoms with van der Waals surface area (Å²) < 4.78 is 4.96. The highest BCUT2D eigenvalue weighted by Crippen LogP contribution is 2.45. The van der Waals surface area contributed by atoms with Gasteiger partial charge in [0.15, 0.2) is 5.84 Å². The number of nitrogens with two attached hydrogens (primary N) is 1. The van der Waals surface area contributed by atoms with Crippen molar-refractivity contribution in [2.75, 3.05) is 20.3 Å². The van der Waals surface area contributed by atoms with E-state index in [4.69, 9.17) is 15.7 Å². The molecule has 1 aliphatic rings. The third kappa shape index (κ3) is 3.83. The quantitative estimate of drug-likeness (QED) is 0.202. The molecule has 0 heterocycles. The average Bonchev–Trinajstić information content (AvgIpc) is 2.37. The van der Waals surface area contributed by atoms with Crippen molar-refractivity contribution in [3.05, 3.63) is 0 Å². The summed E-state index contributed by atoms with van der Waals surface area (Å²) in [6.07, 6.45) is 4.23. The van der Waals surface area contributed by atoms with Crippen LogP contribution in [0.4, 0.5) is 0 Å². The Balaban J connectivity index is 2.34. The lowest BCUT2D eigenvalue weighted by atomic mass is 9.61. The van der Waals surface area contributed by atoms with Gasteiger partial charge in [-0.3, -0.25) is 4.79 Å². The Hall–Kier alpha value is -1.30. The van der Waals surface area contributed by atoms with Crippen LogP contribution < -0.4 is 11.1 Å². The Morgan fingerprint density at radius 3 is 2.68 bits per heavy atom. The molecule has 1 amide bonds. The minimum atomic E-state index is -0.791. The number of nitrogens with one attached hydrogen (secondary N) is 1. The molecule has 6 heteroatoms. The van der Waals surface area contributed by atoms with E-state index in [1.807, 2.05) is 0 Å². The molecule has 0 aromatic carbocycles. The molecule has 0 bridgehead atoms. The second kappa shape index (κ2) is 7.33. The summed E-state index contributed by atoms with van der Waals surface area (Å²) in [4.78, 5) is 12.2. The third-order valence-corrected chi connectivity index (χ3v) is 3.74. The van der Waals surface area contributed by atoms with Gasteiger partial charge in [-0.2, -0.15) is 0 Å². The molecule has 0 unspecified atom stereocenters. The van der Waals surface area contributed by atoms with Crippen molar-refractivity contribution >= 4 is 11.7 Å². The molecular weight excluding hydrogens is 246 g/mol. The van der Waals surface area contributed by atoms with Crippen molar-refractivity contribution < 1.29 is 14.7 Å². The highest BCUT2D eigenvalue weighted by Gasteiger charge is 2.51. The Kier molecular flexibility index (Phi) is 6.08. The van der Waals surface area contributed by atoms with Gasteiger partial charge < -0.3 is 21.0 Å². The highest BCUT2D eigenvalue weighted by molar-refractivity contribution is 6.07. The van der Waals surface area contributed by atoms with Gasteiger partial charge in [0, 0.05) is 20.3 Å². The lowest BCUT2D eigenvalue weighted by Crippen LogP contribution is -2.56. The number of ether oxygens (including phenoxy) is 1. The van der Waals surface area contributed by atoms with Crippen molar-refractivity contribution in [3.63, 3.8) is 0 Å². The fraction of sp³-hybridized carbons (Fsp3) is 0.846. The molecule has 1 fully saturated rings. The van der Waals surface area contributed by atoms with Crippen LogP contribution in [0.1, 0.15) is 39.0 Å². The first-order valence-electron chi connectivity index (χ1n) is 6.82. The molecule has 1 aliphatic carbocycles. The number of carbonyl (C=O) groups excluding carboxylic acids is 1. The Labute approximate surface area is 114 Å². The number of hydrogen-bond acceptors (Lipinski definition) is 4. The van der Waals surface area contributed by atoms with Gasteiger partial charge in [-0.15, -0.1) is 0 Å². The van der Waals surface area contributed by atoms with E-state index in [9.17, 15) is 4.79 Å². The Morgan fingerprint density at radius 1 is 1.47 bits per heavy atom. The van der Waals surface area contributed by atoms with E-state index in [-0.39, 0.29) is 11.7 Å². The maximum atomic E-state index is 12.2. The van der Waals surface area contributed by atoms with E-state index in [2.05, 4.69) is 17.4 Å². The summed E-state index contributed by atoms with van der Waals surface area (Å²) in [5.74, 6) is 0.350. The summed E-state index contributed by atoms with van der Waals surface area (Å²) in [5.41, 5.74) is 4.88. The van der Waals surface area contributed by atoms with Crippen LogP contribution in [-0.2, 0) is 9.53 Å². The highest BCUT2D eigenvalue weighted by atomic mass is 16.5. The van der Waals surface area contributed by atoms with Crippen LogP contribution in [-0.4, -0.2) is 37.2 Å². The number of oxime groups is 1. The van der Waals surface area contributed by atoms with Crippen LogP contribution in [0.15, 0.2) is 5.16 Å². The molecule has 19 heavy (non-hydrogen) atoms. The molecule has 6 nitrogen and oxygen atoms in total. The lowest BCUT2D eigenvalue weighted by Gasteiger charge is -2.43. The van der Waals surface area contributed by atoms with Crippen molar-refractivity contribution in [2.24, 2.45) is 22.2 Å².